The zero-order valence-corrected chi connectivity index (χ0v) is 12.4. The standard InChI is InChI=1S/C16H27N/c1-8-17-15(16(5,6)7)14-10-12(3)11(2)9-13(14)4/h9-10,15,17H,8H2,1-7H3. The molecule has 1 aromatic rings. The summed E-state index contributed by atoms with van der Waals surface area (Å²) in [5.74, 6) is 0. The fourth-order valence-corrected chi connectivity index (χ4v) is 2.38. The highest BCUT2D eigenvalue weighted by Crippen LogP contribution is 2.35. The first-order valence-electron chi connectivity index (χ1n) is 6.58. The van der Waals surface area contributed by atoms with Crippen LogP contribution in [-0.2, 0) is 0 Å². The highest BCUT2D eigenvalue weighted by atomic mass is 14.9. The average molecular weight is 233 g/mol. The van der Waals surface area contributed by atoms with Crippen LogP contribution in [0.5, 0.6) is 0 Å². The number of nitrogens with one attached hydrogen (secondary N) is 1. The van der Waals surface area contributed by atoms with Gasteiger partial charge in [0.05, 0.1) is 0 Å². The molecule has 0 bridgehead atoms. The van der Waals surface area contributed by atoms with Crippen molar-refractivity contribution in [2.75, 3.05) is 6.54 Å². The van der Waals surface area contributed by atoms with Crippen LogP contribution in [0.2, 0.25) is 0 Å². The quantitative estimate of drug-likeness (QED) is 0.820. The number of aryl methyl sites for hydroxylation is 3. The molecule has 0 aromatic heterocycles. The van der Waals surface area contributed by atoms with Crippen molar-refractivity contribution in [3.8, 4) is 0 Å². The van der Waals surface area contributed by atoms with E-state index in [4.69, 9.17) is 0 Å². The predicted octanol–water partition coefficient (Wildman–Crippen LogP) is 4.31. The van der Waals surface area contributed by atoms with E-state index in [2.05, 4.69) is 65.9 Å². The fourth-order valence-electron chi connectivity index (χ4n) is 2.38. The minimum atomic E-state index is 0.239. The van der Waals surface area contributed by atoms with E-state index >= 15 is 0 Å². The first kappa shape index (κ1) is 14.2. The zero-order valence-electron chi connectivity index (χ0n) is 12.4. The van der Waals surface area contributed by atoms with Crippen molar-refractivity contribution in [3.05, 3.63) is 34.4 Å². The normalized spacial score (nSPS) is 13.8. The highest BCUT2D eigenvalue weighted by Gasteiger charge is 2.26. The van der Waals surface area contributed by atoms with Gasteiger partial charge in [-0.25, -0.2) is 0 Å². The maximum absolute atomic E-state index is 3.63. The third kappa shape index (κ3) is 3.32. The van der Waals surface area contributed by atoms with Crippen LogP contribution in [0, 0.1) is 26.2 Å². The van der Waals surface area contributed by atoms with Gasteiger partial charge in [-0.15, -0.1) is 0 Å². The van der Waals surface area contributed by atoms with E-state index < -0.39 is 0 Å². The van der Waals surface area contributed by atoms with E-state index in [1.807, 2.05) is 0 Å². The van der Waals surface area contributed by atoms with Gasteiger partial charge in [-0.05, 0) is 55.0 Å². The summed E-state index contributed by atoms with van der Waals surface area (Å²) in [6.45, 7) is 16.7. The molecule has 1 heteroatoms. The maximum atomic E-state index is 3.63. The van der Waals surface area contributed by atoms with Gasteiger partial charge in [0.1, 0.15) is 0 Å². The van der Waals surface area contributed by atoms with Gasteiger partial charge >= 0.3 is 0 Å². The molecule has 17 heavy (non-hydrogen) atoms. The lowest BCUT2D eigenvalue weighted by atomic mass is 9.80. The first-order valence-corrected chi connectivity index (χ1v) is 6.58. The Hall–Kier alpha value is -0.820. The van der Waals surface area contributed by atoms with Crippen molar-refractivity contribution in [1.29, 1.82) is 0 Å². The molecule has 0 heterocycles. The lowest BCUT2D eigenvalue weighted by Crippen LogP contribution is -2.32. The Labute approximate surface area is 107 Å². The third-order valence-corrected chi connectivity index (χ3v) is 3.47. The van der Waals surface area contributed by atoms with Crippen LogP contribution < -0.4 is 5.32 Å². The molecule has 0 aliphatic heterocycles. The Morgan fingerprint density at radius 2 is 1.53 bits per heavy atom. The molecule has 0 saturated carbocycles. The maximum Gasteiger partial charge on any atom is 0.0371 e. The van der Waals surface area contributed by atoms with Gasteiger partial charge < -0.3 is 5.32 Å². The number of hydrogen-bond acceptors (Lipinski definition) is 1. The summed E-state index contributed by atoms with van der Waals surface area (Å²) in [7, 11) is 0. The zero-order chi connectivity index (χ0) is 13.2. The molecule has 1 nitrogen and oxygen atoms in total. The lowest BCUT2D eigenvalue weighted by molar-refractivity contribution is 0.276. The molecule has 1 unspecified atom stereocenters. The van der Waals surface area contributed by atoms with Crippen LogP contribution in [0.3, 0.4) is 0 Å². The van der Waals surface area contributed by atoms with Crippen LogP contribution in [0.15, 0.2) is 12.1 Å². The van der Waals surface area contributed by atoms with E-state index in [-0.39, 0.29) is 5.41 Å². The monoisotopic (exact) mass is 233 g/mol. The molecule has 0 fully saturated rings. The Balaban J connectivity index is 3.23. The van der Waals surface area contributed by atoms with E-state index in [1.54, 1.807) is 0 Å². The smallest absolute Gasteiger partial charge is 0.0371 e. The molecule has 1 rings (SSSR count). The topological polar surface area (TPSA) is 12.0 Å². The van der Waals surface area contributed by atoms with Gasteiger partial charge in [0, 0.05) is 6.04 Å². The second kappa shape index (κ2) is 5.22. The largest absolute Gasteiger partial charge is 0.310 e. The van der Waals surface area contributed by atoms with Crippen LogP contribution >= 0.6 is 0 Å². The molecule has 1 aromatic carbocycles. The summed E-state index contributed by atoms with van der Waals surface area (Å²) in [6, 6.07) is 5.08. The molecule has 1 N–H and O–H groups in total. The average Bonchev–Trinajstić information content (AvgIpc) is 2.19. The van der Waals surface area contributed by atoms with Crippen LogP contribution in [0.1, 0.15) is 56.0 Å². The Morgan fingerprint density at radius 3 is 2.00 bits per heavy atom. The molecular formula is C16H27N. The Kier molecular flexibility index (Phi) is 4.37. The molecule has 0 amide bonds. The SMILES string of the molecule is CCNC(c1cc(C)c(C)cc1C)C(C)(C)C. The molecule has 1 atom stereocenters. The molecule has 0 radical (unpaired) electrons. The van der Waals surface area contributed by atoms with Gasteiger partial charge in [-0.2, -0.15) is 0 Å². The van der Waals surface area contributed by atoms with E-state index in [0.717, 1.165) is 6.54 Å². The van der Waals surface area contributed by atoms with Crippen molar-refractivity contribution in [2.45, 2.75) is 54.5 Å². The van der Waals surface area contributed by atoms with Gasteiger partial charge in [-0.3, -0.25) is 0 Å². The van der Waals surface area contributed by atoms with Gasteiger partial charge in [0.25, 0.3) is 0 Å². The number of hydrogen-bond donors (Lipinski definition) is 1. The summed E-state index contributed by atoms with van der Waals surface area (Å²) < 4.78 is 0. The van der Waals surface area contributed by atoms with Crippen molar-refractivity contribution < 1.29 is 0 Å². The first-order chi connectivity index (χ1) is 7.77. The van der Waals surface area contributed by atoms with Crippen LogP contribution in [-0.4, -0.2) is 6.54 Å². The molecule has 0 spiro atoms. The molecule has 0 aliphatic carbocycles. The van der Waals surface area contributed by atoms with Crippen molar-refractivity contribution in [2.24, 2.45) is 5.41 Å². The van der Waals surface area contributed by atoms with Crippen molar-refractivity contribution in [3.63, 3.8) is 0 Å². The minimum Gasteiger partial charge on any atom is -0.310 e. The highest BCUT2D eigenvalue weighted by molar-refractivity contribution is 5.38. The van der Waals surface area contributed by atoms with E-state index in [1.165, 1.54) is 22.3 Å². The molecule has 0 saturated heterocycles. The second-order valence-electron chi connectivity index (χ2n) is 6.15. The second-order valence-corrected chi connectivity index (χ2v) is 6.15. The summed E-state index contributed by atoms with van der Waals surface area (Å²) in [5, 5.41) is 3.63. The Bertz CT molecular complexity index is 385. The van der Waals surface area contributed by atoms with E-state index in [9.17, 15) is 0 Å². The van der Waals surface area contributed by atoms with Gasteiger partial charge in [0.15, 0.2) is 0 Å². The van der Waals surface area contributed by atoms with Gasteiger partial charge in [0.2, 0.25) is 0 Å². The number of rotatable bonds is 3. The summed E-state index contributed by atoms with van der Waals surface area (Å²) >= 11 is 0. The summed E-state index contributed by atoms with van der Waals surface area (Å²) in [5.41, 5.74) is 5.85. The Morgan fingerprint density at radius 1 is 1.00 bits per heavy atom. The number of benzene rings is 1. The summed E-state index contributed by atoms with van der Waals surface area (Å²) in [4.78, 5) is 0. The molecule has 0 aliphatic rings. The van der Waals surface area contributed by atoms with E-state index in [0.29, 0.717) is 6.04 Å². The third-order valence-electron chi connectivity index (χ3n) is 3.47. The van der Waals surface area contributed by atoms with Gasteiger partial charge in [-0.1, -0.05) is 39.8 Å². The lowest BCUT2D eigenvalue weighted by Gasteiger charge is -2.33. The summed E-state index contributed by atoms with van der Waals surface area (Å²) in [6.07, 6.45) is 0. The van der Waals surface area contributed by atoms with Crippen LogP contribution in [0.25, 0.3) is 0 Å². The fraction of sp³-hybridized carbons (Fsp3) is 0.625. The van der Waals surface area contributed by atoms with Crippen molar-refractivity contribution >= 4 is 0 Å². The van der Waals surface area contributed by atoms with Crippen LogP contribution in [0.4, 0.5) is 0 Å². The molecular weight excluding hydrogens is 206 g/mol. The molecule has 96 valence electrons. The predicted molar refractivity (Wildman–Crippen MR) is 76.5 cm³/mol. The van der Waals surface area contributed by atoms with Crippen molar-refractivity contribution in [1.82, 2.24) is 5.32 Å². The minimum absolute atomic E-state index is 0.239.